The third-order valence-corrected chi connectivity index (χ3v) is 4.60. The van der Waals surface area contributed by atoms with Crippen LogP contribution in [0.4, 0.5) is 5.69 Å². The van der Waals surface area contributed by atoms with Crippen molar-refractivity contribution in [1.82, 2.24) is 4.90 Å². The maximum absolute atomic E-state index is 12.6. The van der Waals surface area contributed by atoms with Crippen LogP contribution in [0.15, 0.2) is 18.2 Å². The lowest BCUT2D eigenvalue weighted by molar-refractivity contribution is -0.116. The van der Waals surface area contributed by atoms with E-state index in [0.29, 0.717) is 23.5 Å². The monoisotopic (exact) mass is 318 g/mol. The first kappa shape index (κ1) is 16.9. The first-order valence-corrected chi connectivity index (χ1v) is 8.42. The van der Waals surface area contributed by atoms with Crippen LogP contribution >= 0.6 is 12.2 Å². The summed E-state index contributed by atoms with van der Waals surface area (Å²) in [7, 11) is 0. The molecule has 1 heterocycles. The first-order valence-electron chi connectivity index (χ1n) is 8.02. The van der Waals surface area contributed by atoms with Gasteiger partial charge in [-0.05, 0) is 49.0 Å². The fourth-order valence-corrected chi connectivity index (χ4v) is 3.38. The summed E-state index contributed by atoms with van der Waals surface area (Å²) in [4.78, 5) is 16.4. The van der Waals surface area contributed by atoms with Gasteiger partial charge in [-0.1, -0.05) is 45.9 Å². The van der Waals surface area contributed by atoms with Gasteiger partial charge >= 0.3 is 0 Å². The Morgan fingerprint density at radius 3 is 1.86 bits per heavy atom. The number of carbonyl (C=O) groups excluding carboxylic acids is 1. The molecule has 2 rings (SSSR count). The van der Waals surface area contributed by atoms with Crippen molar-refractivity contribution in [2.75, 3.05) is 11.4 Å². The van der Waals surface area contributed by atoms with Crippen LogP contribution in [0.1, 0.15) is 64.5 Å². The smallest absolute Gasteiger partial charge is 0.252 e. The summed E-state index contributed by atoms with van der Waals surface area (Å²) in [5.74, 6) is 0.767. The van der Waals surface area contributed by atoms with Gasteiger partial charge in [-0.2, -0.15) is 0 Å². The van der Waals surface area contributed by atoms with Crippen LogP contribution in [0.2, 0.25) is 0 Å². The molecule has 1 aromatic carbocycles. The summed E-state index contributed by atoms with van der Waals surface area (Å²) < 4.78 is 0. The topological polar surface area (TPSA) is 23.6 Å². The number of benzene rings is 1. The van der Waals surface area contributed by atoms with Gasteiger partial charge in [0, 0.05) is 6.04 Å². The molecule has 0 saturated carbocycles. The predicted octanol–water partition coefficient (Wildman–Crippen LogP) is 4.28. The van der Waals surface area contributed by atoms with E-state index in [1.165, 1.54) is 11.1 Å². The van der Waals surface area contributed by atoms with Crippen LogP contribution < -0.4 is 4.90 Å². The van der Waals surface area contributed by atoms with Gasteiger partial charge in [0.1, 0.15) is 6.54 Å². The number of amides is 1. The molecule has 0 spiro atoms. The lowest BCUT2D eigenvalue weighted by Crippen LogP contribution is -2.37. The molecule has 0 unspecified atom stereocenters. The molecule has 1 fully saturated rings. The first-order chi connectivity index (χ1) is 10.3. The molecule has 120 valence electrons. The van der Waals surface area contributed by atoms with Gasteiger partial charge in [-0.25, -0.2) is 0 Å². The van der Waals surface area contributed by atoms with E-state index in [4.69, 9.17) is 12.2 Å². The molecule has 1 aliphatic heterocycles. The van der Waals surface area contributed by atoms with E-state index in [9.17, 15) is 4.79 Å². The molecular formula is C18H26N2OS. The van der Waals surface area contributed by atoms with E-state index in [0.717, 1.165) is 5.69 Å². The highest BCUT2D eigenvalue weighted by Gasteiger charge is 2.37. The van der Waals surface area contributed by atoms with E-state index < -0.39 is 0 Å². The molecular weight excluding hydrogens is 292 g/mol. The summed E-state index contributed by atoms with van der Waals surface area (Å²) in [6.45, 7) is 13.2. The Morgan fingerprint density at radius 1 is 1.00 bits per heavy atom. The number of nitrogens with zero attached hydrogens (tertiary/aromatic N) is 2. The molecule has 0 radical (unpaired) electrons. The van der Waals surface area contributed by atoms with E-state index >= 15 is 0 Å². The maximum Gasteiger partial charge on any atom is 0.252 e. The highest BCUT2D eigenvalue weighted by Crippen LogP contribution is 2.37. The normalized spacial score (nSPS) is 15.9. The number of rotatable bonds is 4. The number of thiocarbonyl (C=S) groups is 1. The summed E-state index contributed by atoms with van der Waals surface area (Å²) in [6.07, 6.45) is 0. The molecule has 22 heavy (non-hydrogen) atoms. The third-order valence-electron chi connectivity index (χ3n) is 4.18. The van der Waals surface area contributed by atoms with Crippen molar-refractivity contribution in [3.63, 3.8) is 0 Å². The molecule has 0 N–H and O–H groups in total. The molecule has 1 amide bonds. The minimum atomic E-state index is 0.0775. The molecule has 0 aromatic heterocycles. The number of hydrogen-bond acceptors (Lipinski definition) is 2. The predicted molar refractivity (Wildman–Crippen MR) is 96.5 cm³/mol. The Kier molecular flexibility index (Phi) is 4.90. The summed E-state index contributed by atoms with van der Waals surface area (Å²) in [5, 5.41) is 0.634. The van der Waals surface area contributed by atoms with Crippen molar-refractivity contribution in [2.24, 2.45) is 0 Å². The Morgan fingerprint density at radius 2 is 1.50 bits per heavy atom. The average Bonchev–Trinajstić information content (AvgIpc) is 2.73. The zero-order valence-electron chi connectivity index (χ0n) is 14.4. The van der Waals surface area contributed by atoms with Gasteiger partial charge in [0.2, 0.25) is 0 Å². The average molecular weight is 318 g/mol. The summed E-state index contributed by atoms with van der Waals surface area (Å²) in [5.41, 5.74) is 3.38. The van der Waals surface area contributed by atoms with E-state index in [1.54, 1.807) is 4.90 Å². The number of carbonyl (C=O) groups is 1. The standard InChI is InChI=1S/C18H26N2OS/c1-11(2)14-8-7-9-15(12(3)4)17(14)20-16(21)10-19(13(5)6)18(20)22/h7-9,11-13H,10H2,1-6H3. The van der Waals surface area contributed by atoms with Crippen LogP contribution in [-0.2, 0) is 4.79 Å². The van der Waals surface area contributed by atoms with Crippen molar-refractivity contribution in [3.8, 4) is 0 Å². The molecule has 0 atom stereocenters. The molecule has 1 saturated heterocycles. The quantitative estimate of drug-likeness (QED) is 0.774. The van der Waals surface area contributed by atoms with Crippen LogP contribution in [0.3, 0.4) is 0 Å². The van der Waals surface area contributed by atoms with Gasteiger partial charge in [-0.3, -0.25) is 9.69 Å². The molecule has 1 aromatic rings. The Bertz CT molecular complexity index is 566. The molecule has 4 heteroatoms. The second kappa shape index (κ2) is 6.37. The fourth-order valence-electron chi connectivity index (χ4n) is 2.91. The third kappa shape index (κ3) is 2.89. The van der Waals surface area contributed by atoms with Gasteiger partial charge in [0.15, 0.2) is 5.11 Å². The van der Waals surface area contributed by atoms with Crippen LogP contribution in [-0.4, -0.2) is 28.5 Å². The van der Waals surface area contributed by atoms with Crippen molar-refractivity contribution in [3.05, 3.63) is 29.3 Å². The van der Waals surface area contributed by atoms with Crippen molar-refractivity contribution in [2.45, 2.75) is 59.4 Å². The minimum absolute atomic E-state index is 0.0775. The van der Waals surface area contributed by atoms with E-state index in [1.807, 2.05) is 4.90 Å². The van der Waals surface area contributed by atoms with E-state index in [-0.39, 0.29) is 11.9 Å². The van der Waals surface area contributed by atoms with Crippen molar-refractivity contribution < 1.29 is 4.79 Å². The van der Waals surface area contributed by atoms with Gasteiger partial charge < -0.3 is 4.90 Å². The van der Waals surface area contributed by atoms with Crippen LogP contribution in [0.5, 0.6) is 0 Å². The summed E-state index contributed by atoms with van der Waals surface area (Å²) in [6, 6.07) is 6.53. The molecule has 0 bridgehead atoms. The second-order valence-corrected chi connectivity index (χ2v) is 7.19. The zero-order valence-corrected chi connectivity index (χ0v) is 15.2. The minimum Gasteiger partial charge on any atom is -0.337 e. The number of anilines is 1. The second-order valence-electron chi connectivity index (χ2n) is 6.83. The fraction of sp³-hybridized carbons (Fsp3) is 0.556. The highest BCUT2D eigenvalue weighted by molar-refractivity contribution is 7.80. The molecule has 0 aliphatic carbocycles. The number of hydrogen-bond donors (Lipinski definition) is 0. The highest BCUT2D eigenvalue weighted by atomic mass is 32.1. The SMILES string of the molecule is CC(C)c1cccc(C(C)C)c1N1C(=O)CN(C(C)C)C1=S. The number of para-hydroxylation sites is 1. The van der Waals surface area contributed by atoms with Crippen molar-refractivity contribution >= 4 is 28.9 Å². The van der Waals surface area contributed by atoms with Gasteiger partial charge in [0.05, 0.1) is 5.69 Å². The lowest BCUT2D eigenvalue weighted by Gasteiger charge is -2.28. The lowest BCUT2D eigenvalue weighted by atomic mass is 9.92. The Labute approximate surface area is 139 Å². The zero-order chi connectivity index (χ0) is 16.6. The molecule has 1 aliphatic rings. The Balaban J connectivity index is 2.60. The van der Waals surface area contributed by atoms with Gasteiger partial charge in [0.25, 0.3) is 5.91 Å². The van der Waals surface area contributed by atoms with Crippen molar-refractivity contribution in [1.29, 1.82) is 0 Å². The largest absolute Gasteiger partial charge is 0.337 e. The van der Waals surface area contributed by atoms with Crippen LogP contribution in [0.25, 0.3) is 0 Å². The van der Waals surface area contributed by atoms with E-state index in [2.05, 4.69) is 59.7 Å². The van der Waals surface area contributed by atoms with Gasteiger partial charge in [-0.15, -0.1) is 0 Å². The Hall–Kier alpha value is -1.42. The molecule has 3 nitrogen and oxygen atoms in total. The summed E-state index contributed by atoms with van der Waals surface area (Å²) >= 11 is 5.62. The maximum atomic E-state index is 12.6. The van der Waals surface area contributed by atoms with Crippen LogP contribution in [0, 0.1) is 0 Å².